The Bertz CT molecular complexity index is 808. The molecule has 160 valence electrons. The molecule has 1 atom stereocenters. The summed E-state index contributed by atoms with van der Waals surface area (Å²) in [5.74, 6) is 0.826. The molecular formula is C19H26NO8P. The monoisotopic (exact) mass is 427 g/mol. The smallest absolute Gasteiger partial charge is 0.362 e. The zero-order valence-corrected chi connectivity index (χ0v) is 16.7. The number of rotatable bonds is 12. The largest absolute Gasteiger partial charge is 0.508 e. The Morgan fingerprint density at radius 1 is 1.03 bits per heavy atom. The third kappa shape index (κ3) is 8.82. The van der Waals surface area contributed by atoms with Gasteiger partial charge in [-0.3, -0.25) is 4.57 Å². The zero-order chi connectivity index (χ0) is 21.3. The summed E-state index contributed by atoms with van der Waals surface area (Å²) in [6.07, 6.45) is -0.687. The van der Waals surface area contributed by atoms with Crippen molar-refractivity contribution in [1.29, 1.82) is 0 Å². The average molecular weight is 427 g/mol. The molecule has 0 bridgehead atoms. The first-order chi connectivity index (χ1) is 13.8. The molecule has 6 N–H and O–H groups in total. The fourth-order valence-electron chi connectivity index (χ4n) is 2.44. The summed E-state index contributed by atoms with van der Waals surface area (Å²) < 4.78 is 21.3. The zero-order valence-electron chi connectivity index (χ0n) is 15.8. The van der Waals surface area contributed by atoms with Gasteiger partial charge < -0.3 is 39.9 Å². The van der Waals surface area contributed by atoms with Crippen LogP contribution in [-0.4, -0.2) is 57.3 Å². The molecule has 9 nitrogen and oxygen atoms in total. The number of aliphatic hydroxyl groups excluding tert-OH is 2. The van der Waals surface area contributed by atoms with Crippen molar-refractivity contribution in [1.82, 2.24) is 5.32 Å². The van der Waals surface area contributed by atoms with Gasteiger partial charge in [0.1, 0.15) is 30.0 Å². The van der Waals surface area contributed by atoms with E-state index in [1.165, 1.54) is 12.1 Å². The minimum atomic E-state index is -4.19. The number of aromatic hydroxyl groups is 1. The average Bonchev–Trinajstić information content (AvgIpc) is 2.69. The van der Waals surface area contributed by atoms with Gasteiger partial charge in [-0.05, 0) is 48.9 Å². The molecule has 2 rings (SSSR count). The van der Waals surface area contributed by atoms with Gasteiger partial charge in [-0.15, -0.1) is 0 Å². The summed E-state index contributed by atoms with van der Waals surface area (Å²) in [6.45, 7) is 0.709. The van der Waals surface area contributed by atoms with Crippen molar-refractivity contribution >= 4 is 7.60 Å². The van der Waals surface area contributed by atoms with Crippen LogP contribution in [0.2, 0.25) is 0 Å². The predicted molar refractivity (Wildman–Crippen MR) is 106 cm³/mol. The molecule has 10 heteroatoms. The summed E-state index contributed by atoms with van der Waals surface area (Å²) >= 11 is 0. The Morgan fingerprint density at radius 2 is 1.72 bits per heavy atom. The summed E-state index contributed by atoms with van der Waals surface area (Å²) in [5.41, 5.74) is 1.36. The fraction of sp³-hybridized carbons (Fsp3) is 0.368. The molecule has 0 fully saturated rings. The second kappa shape index (κ2) is 11.2. The molecule has 0 aliphatic heterocycles. The number of nitrogens with one attached hydrogen (secondary N) is 1. The minimum Gasteiger partial charge on any atom is -0.508 e. The lowest BCUT2D eigenvalue weighted by Gasteiger charge is -2.14. The van der Waals surface area contributed by atoms with Crippen LogP contribution in [0.3, 0.4) is 0 Å². The standard InChI is InChI=1S/C19H26NO8P/c21-11-15-9-18(5-6-19(15)23)27-12-16(22)10-20-8-7-14-1-3-17(4-2-14)28-13-29(24,25)26/h1-6,9,16,20-23H,7-8,10-13H2,(H2,24,25,26). The molecule has 0 saturated carbocycles. The number of phenols is 1. The van der Waals surface area contributed by atoms with E-state index in [0.717, 1.165) is 5.56 Å². The van der Waals surface area contributed by atoms with Crippen molar-refractivity contribution in [3.63, 3.8) is 0 Å². The molecule has 2 aromatic rings. The Balaban J connectivity index is 1.65. The number of benzene rings is 2. The lowest BCUT2D eigenvalue weighted by molar-refractivity contribution is 0.106. The fourth-order valence-corrected chi connectivity index (χ4v) is 2.76. The van der Waals surface area contributed by atoms with E-state index in [2.05, 4.69) is 5.32 Å². The van der Waals surface area contributed by atoms with Crippen LogP contribution in [0.15, 0.2) is 42.5 Å². The first-order valence-corrected chi connectivity index (χ1v) is 10.8. The van der Waals surface area contributed by atoms with Crippen molar-refractivity contribution < 1.29 is 39.1 Å². The highest BCUT2D eigenvalue weighted by Gasteiger charge is 2.13. The molecule has 0 aromatic heterocycles. The SMILES string of the molecule is O=P(O)(O)COc1ccc(CCNCC(O)COc2ccc(O)c(CO)c2)cc1. The van der Waals surface area contributed by atoms with Gasteiger partial charge in [0, 0.05) is 12.1 Å². The highest BCUT2D eigenvalue weighted by Crippen LogP contribution is 2.34. The second-order valence-electron chi connectivity index (χ2n) is 6.45. The van der Waals surface area contributed by atoms with Gasteiger partial charge >= 0.3 is 7.60 Å². The quantitative estimate of drug-likeness (QED) is 0.215. The van der Waals surface area contributed by atoms with E-state index in [1.807, 2.05) is 0 Å². The van der Waals surface area contributed by atoms with Gasteiger partial charge in [0.15, 0.2) is 6.35 Å². The van der Waals surface area contributed by atoms with E-state index in [1.54, 1.807) is 30.3 Å². The van der Waals surface area contributed by atoms with Gasteiger partial charge in [0.25, 0.3) is 0 Å². The molecule has 29 heavy (non-hydrogen) atoms. The first kappa shape index (κ1) is 23.2. The van der Waals surface area contributed by atoms with E-state index in [0.29, 0.717) is 36.6 Å². The van der Waals surface area contributed by atoms with Crippen LogP contribution in [0.1, 0.15) is 11.1 Å². The molecular weight excluding hydrogens is 401 g/mol. The minimum absolute atomic E-state index is 0.0107. The molecule has 2 aromatic carbocycles. The van der Waals surface area contributed by atoms with Crippen LogP contribution in [0.5, 0.6) is 17.2 Å². The van der Waals surface area contributed by atoms with E-state index in [9.17, 15) is 14.8 Å². The normalized spacial score (nSPS) is 12.6. The van der Waals surface area contributed by atoms with Crippen molar-refractivity contribution in [2.75, 3.05) is 26.0 Å². The molecule has 0 saturated heterocycles. The number of hydrogen-bond donors (Lipinski definition) is 6. The molecule has 0 amide bonds. The number of aliphatic hydroxyl groups is 2. The van der Waals surface area contributed by atoms with Crippen LogP contribution in [0, 0.1) is 0 Å². The summed E-state index contributed by atoms with van der Waals surface area (Å²) in [5, 5.41) is 31.7. The number of ether oxygens (including phenoxy) is 2. The second-order valence-corrected chi connectivity index (χ2v) is 8.04. The third-order valence-corrected chi connectivity index (χ3v) is 4.42. The van der Waals surface area contributed by atoms with Crippen LogP contribution >= 0.6 is 7.60 Å². The van der Waals surface area contributed by atoms with Gasteiger partial charge in [-0.25, -0.2) is 0 Å². The summed E-state index contributed by atoms with van der Waals surface area (Å²) in [6, 6.07) is 11.4. The molecule has 1 unspecified atom stereocenters. The molecule has 0 aliphatic carbocycles. The molecule has 0 heterocycles. The van der Waals surface area contributed by atoms with E-state index in [4.69, 9.17) is 24.4 Å². The topological polar surface area (TPSA) is 149 Å². The van der Waals surface area contributed by atoms with Gasteiger partial charge in [0.2, 0.25) is 0 Å². The van der Waals surface area contributed by atoms with Crippen molar-refractivity contribution in [3.05, 3.63) is 53.6 Å². The van der Waals surface area contributed by atoms with Crippen molar-refractivity contribution in [2.24, 2.45) is 0 Å². The highest BCUT2D eigenvalue weighted by atomic mass is 31.2. The van der Waals surface area contributed by atoms with Crippen LogP contribution < -0.4 is 14.8 Å². The summed E-state index contributed by atoms with van der Waals surface area (Å²) in [7, 11) is -4.19. The number of hydrogen-bond acceptors (Lipinski definition) is 7. The van der Waals surface area contributed by atoms with Crippen LogP contribution in [-0.2, 0) is 17.6 Å². The third-order valence-electron chi connectivity index (χ3n) is 3.96. The van der Waals surface area contributed by atoms with Crippen molar-refractivity contribution in [2.45, 2.75) is 19.1 Å². The van der Waals surface area contributed by atoms with Gasteiger partial charge in [-0.1, -0.05) is 12.1 Å². The summed E-state index contributed by atoms with van der Waals surface area (Å²) in [4.78, 5) is 17.6. The van der Waals surface area contributed by atoms with Gasteiger partial charge in [-0.2, -0.15) is 0 Å². The van der Waals surface area contributed by atoms with E-state index < -0.39 is 20.0 Å². The molecule has 0 radical (unpaired) electrons. The molecule has 0 aliphatic rings. The lowest BCUT2D eigenvalue weighted by Crippen LogP contribution is -2.32. The van der Waals surface area contributed by atoms with E-state index in [-0.39, 0.29) is 19.0 Å². The van der Waals surface area contributed by atoms with Gasteiger partial charge in [0.05, 0.1) is 6.61 Å². The highest BCUT2D eigenvalue weighted by molar-refractivity contribution is 7.51. The lowest BCUT2D eigenvalue weighted by atomic mass is 10.1. The van der Waals surface area contributed by atoms with Crippen LogP contribution in [0.4, 0.5) is 0 Å². The Kier molecular flexibility index (Phi) is 8.91. The Labute approximate surface area is 168 Å². The maximum Gasteiger partial charge on any atom is 0.362 e. The van der Waals surface area contributed by atoms with Crippen LogP contribution in [0.25, 0.3) is 0 Å². The van der Waals surface area contributed by atoms with Crippen molar-refractivity contribution in [3.8, 4) is 17.2 Å². The van der Waals surface area contributed by atoms with E-state index >= 15 is 0 Å². The Hall–Kier alpha value is -2.13. The maximum atomic E-state index is 10.8. The Morgan fingerprint density at radius 3 is 2.38 bits per heavy atom. The predicted octanol–water partition coefficient (Wildman–Crippen LogP) is 0.970. The first-order valence-electron chi connectivity index (χ1n) is 8.97. The molecule has 0 spiro atoms. The maximum absolute atomic E-state index is 10.8.